The first-order valence-corrected chi connectivity index (χ1v) is 5.62. The van der Waals surface area contributed by atoms with Crippen molar-refractivity contribution in [2.45, 2.75) is 33.1 Å². The van der Waals surface area contributed by atoms with E-state index in [1.165, 1.54) is 24.9 Å². The number of hydrogen-bond donors (Lipinski definition) is 1. The second kappa shape index (κ2) is 6.47. The van der Waals surface area contributed by atoms with Crippen LogP contribution in [0.15, 0.2) is 30.3 Å². The largest absolute Gasteiger partial charge is 0.385 e. The Labute approximate surface area is 87.5 Å². The molecular weight excluding hydrogens is 170 g/mol. The molecule has 0 saturated heterocycles. The van der Waals surface area contributed by atoms with E-state index in [1.807, 2.05) is 6.07 Å². The van der Waals surface area contributed by atoms with Gasteiger partial charge in [-0.25, -0.2) is 0 Å². The van der Waals surface area contributed by atoms with E-state index in [2.05, 4.69) is 43.4 Å². The number of para-hydroxylation sites is 1. The molecule has 0 saturated carbocycles. The van der Waals surface area contributed by atoms with Crippen molar-refractivity contribution in [1.82, 2.24) is 0 Å². The molecule has 0 aliphatic rings. The highest BCUT2D eigenvalue weighted by atomic mass is 14.9. The first-order valence-electron chi connectivity index (χ1n) is 5.62. The van der Waals surface area contributed by atoms with Gasteiger partial charge in [-0.1, -0.05) is 38.5 Å². The molecule has 0 aromatic heterocycles. The van der Waals surface area contributed by atoms with Gasteiger partial charge in [0.05, 0.1) is 0 Å². The third kappa shape index (κ3) is 4.31. The lowest BCUT2D eigenvalue weighted by atomic mass is 10.0. The molecule has 0 aliphatic heterocycles. The molecule has 78 valence electrons. The van der Waals surface area contributed by atoms with Gasteiger partial charge in [-0.2, -0.15) is 0 Å². The topological polar surface area (TPSA) is 12.0 Å². The van der Waals surface area contributed by atoms with Crippen molar-refractivity contribution in [1.29, 1.82) is 0 Å². The molecular formula is C13H21N. The minimum atomic E-state index is 0.868. The lowest BCUT2D eigenvalue weighted by Gasteiger charge is -2.09. The normalized spacial score (nSPS) is 12.4. The van der Waals surface area contributed by atoms with Crippen molar-refractivity contribution in [3.05, 3.63) is 30.3 Å². The molecule has 0 amide bonds. The molecule has 1 rings (SSSR count). The van der Waals surface area contributed by atoms with E-state index < -0.39 is 0 Å². The Morgan fingerprint density at radius 2 is 1.93 bits per heavy atom. The fourth-order valence-corrected chi connectivity index (χ4v) is 1.44. The maximum absolute atomic E-state index is 3.42. The quantitative estimate of drug-likeness (QED) is 0.672. The van der Waals surface area contributed by atoms with Crippen LogP contribution in [0.25, 0.3) is 0 Å². The van der Waals surface area contributed by atoms with Crippen molar-refractivity contribution in [3.63, 3.8) is 0 Å². The average Bonchev–Trinajstić information content (AvgIpc) is 2.25. The number of hydrogen-bond acceptors (Lipinski definition) is 1. The van der Waals surface area contributed by atoms with E-state index in [-0.39, 0.29) is 0 Å². The van der Waals surface area contributed by atoms with Gasteiger partial charge in [-0.3, -0.25) is 0 Å². The maximum atomic E-state index is 3.42. The highest BCUT2D eigenvalue weighted by molar-refractivity contribution is 5.42. The zero-order valence-electron chi connectivity index (χ0n) is 9.29. The van der Waals surface area contributed by atoms with Crippen LogP contribution in [0, 0.1) is 5.92 Å². The Morgan fingerprint density at radius 1 is 1.21 bits per heavy atom. The van der Waals surface area contributed by atoms with Crippen LogP contribution in [-0.4, -0.2) is 6.54 Å². The summed E-state index contributed by atoms with van der Waals surface area (Å²) >= 11 is 0. The second-order valence-corrected chi connectivity index (χ2v) is 3.95. The molecule has 0 radical (unpaired) electrons. The summed E-state index contributed by atoms with van der Waals surface area (Å²) in [5.74, 6) is 0.868. The van der Waals surface area contributed by atoms with Crippen LogP contribution in [0.1, 0.15) is 33.1 Å². The van der Waals surface area contributed by atoms with Gasteiger partial charge in [-0.15, -0.1) is 0 Å². The van der Waals surface area contributed by atoms with Crippen LogP contribution in [0.4, 0.5) is 5.69 Å². The Hall–Kier alpha value is -0.980. The summed E-state index contributed by atoms with van der Waals surface area (Å²) < 4.78 is 0. The van der Waals surface area contributed by atoms with E-state index >= 15 is 0 Å². The maximum Gasteiger partial charge on any atom is 0.0340 e. The lowest BCUT2D eigenvalue weighted by Crippen LogP contribution is -2.03. The SMILES string of the molecule is CCC(C)CCCNc1ccccc1. The van der Waals surface area contributed by atoms with Gasteiger partial charge in [-0.05, 0) is 30.9 Å². The molecule has 0 aliphatic carbocycles. The molecule has 14 heavy (non-hydrogen) atoms. The van der Waals surface area contributed by atoms with E-state index in [0.29, 0.717) is 0 Å². The van der Waals surface area contributed by atoms with E-state index in [9.17, 15) is 0 Å². The summed E-state index contributed by atoms with van der Waals surface area (Å²) in [6, 6.07) is 10.4. The molecule has 1 atom stereocenters. The van der Waals surface area contributed by atoms with Crippen molar-refractivity contribution in [2.24, 2.45) is 5.92 Å². The molecule has 1 aromatic carbocycles. The first-order chi connectivity index (χ1) is 6.83. The Morgan fingerprint density at radius 3 is 2.57 bits per heavy atom. The zero-order chi connectivity index (χ0) is 10.2. The third-order valence-corrected chi connectivity index (χ3v) is 2.67. The second-order valence-electron chi connectivity index (χ2n) is 3.95. The minimum absolute atomic E-state index is 0.868. The predicted molar refractivity (Wildman–Crippen MR) is 63.6 cm³/mol. The number of nitrogens with one attached hydrogen (secondary N) is 1. The lowest BCUT2D eigenvalue weighted by molar-refractivity contribution is 0.503. The Bertz CT molecular complexity index is 230. The van der Waals surface area contributed by atoms with E-state index in [1.54, 1.807) is 0 Å². The molecule has 0 spiro atoms. The van der Waals surface area contributed by atoms with Crippen LogP contribution in [-0.2, 0) is 0 Å². The molecule has 1 N–H and O–H groups in total. The summed E-state index contributed by atoms with van der Waals surface area (Å²) in [6.45, 7) is 5.67. The van der Waals surface area contributed by atoms with Crippen molar-refractivity contribution < 1.29 is 0 Å². The van der Waals surface area contributed by atoms with Crippen LogP contribution < -0.4 is 5.32 Å². The van der Waals surface area contributed by atoms with E-state index in [4.69, 9.17) is 0 Å². The van der Waals surface area contributed by atoms with Crippen LogP contribution in [0.3, 0.4) is 0 Å². The van der Waals surface area contributed by atoms with Crippen LogP contribution >= 0.6 is 0 Å². The Balaban J connectivity index is 2.10. The third-order valence-electron chi connectivity index (χ3n) is 2.67. The van der Waals surface area contributed by atoms with Crippen molar-refractivity contribution in [2.75, 3.05) is 11.9 Å². The Kier molecular flexibility index (Phi) is 5.13. The summed E-state index contributed by atoms with van der Waals surface area (Å²) in [4.78, 5) is 0. The smallest absolute Gasteiger partial charge is 0.0340 e. The minimum Gasteiger partial charge on any atom is -0.385 e. The van der Waals surface area contributed by atoms with Crippen LogP contribution in [0.5, 0.6) is 0 Å². The number of benzene rings is 1. The molecule has 0 heterocycles. The summed E-state index contributed by atoms with van der Waals surface area (Å²) in [7, 11) is 0. The van der Waals surface area contributed by atoms with Gasteiger partial charge in [0.2, 0.25) is 0 Å². The van der Waals surface area contributed by atoms with Gasteiger partial charge in [0.25, 0.3) is 0 Å². The summed E-state index contributed by atoms with van der Waals surface area (Å²) in [5, 5.41) is 3.42. The molecule has 0 fully saturated rings. The molecule has 1 nitrogen and oxygen atoms in total. The highest BCUT2D eigenvalue weighted by Gasteiger charge is 1.97. The molecule has 1 unspecified atom stereocenters. The van der Waals surface area contributed by atoms with Gasteiger partial charge in [0.1, 0.15) is 0 Å². The highest BCUT2D eigenvalue weighted by Crippen LogP contribution is 2.10. The summed E-state index contributed by atoms with van der Waals surface area (Å²) in [5.41, 5.74) is 1.23. The monoisotopic (exact) mass is 191 g/mol. The number of anilines is 1. The predicted octanol–water partition coefficient (Wildman–Crippen LogP) is 3.92. The fraction of sp³-hybridized carbons (Fsp3) is 0.538. The van der Waals surface area contributed by atoms with Crippen molar-refractivity contribution >= 4 is 5.69 Å². The van der Waals surface area contributed by atoms with E-state index in [0.717, 1.165) is 12.5 Å². The van der Waals surface area contributed by atoms with Gasteiger partial charge in [0, 0.05) is 12.2 Å². The fourth-order valence-electron chi connectivity index (χ4n) is 1.44. The van der Waals surface area contributed by atoms with Crippen molar-refractivity contribution in [3.8, 4) is 0 Å². The first kappa shape index (κ1) is 11.1. The summed E-state index contributed by atoms with van der Waals surface area (Å²) in [6.07, 6.45) is 3.89. The standard InChI is InChI=1S/C13H21N/c1-3-12(2)8-7-11-14-13-9-5-4-6-10-13/h4-6,9-10,12,14H,3,7-8,11H2,1-2H3. The van der Waals surface area contributed by atoms with Gasteiger partial charge >= 0.3 is 0 Å². The van der Waals surface area contributed by atoms with Crippen LogP contribution in [0.2, 0.25) is 0 Å². The van der Waals surface area contributed by atoms with Gasteiger partial charge in [0.15, 0.2) is 0 Å². The molecule has 0 bridgehead atoms. The zero-order valence-corrected chi connectivity index (χ0v) is 9.29. The molecule has 1 aromatic rings. The number of rotatable bonds is 6. The average molecular weight is 191 g/mol. The van der Waals surface area contributed by atoms with Gasteiger partial charge < -0.3 is 5.32 Å². The molecule has 1 heteroatoms.